The summed E-state index contributed by atoms with van der Waals surface area (Å²) in [5.41, 5.74) is 1.64. The van der Waals surface area contributed by atoms with Gasteiger partial charge in [-0.2, -0.15) is 0 Å². The van der Waals surface area contributed by atoms with Crippen LogP contribution in [0.4, 0.5) is 4.79 Å². The first-order chi connectivity index (χ1) is 13.1. The average Bonchev–Trinajstić information content (AvgIpc) is 2.88. The molecule has 0 radical (unpaired) electrons. The Morgan fingerprint density at radius 1 is 1.15 bits per heavy atom. The van der Waals surface area contributed by atoms with Gasteiger partial charge in [-0.1, -0.05) is 29.8 Å². The Kier molecular flexibility index (Phi) is 4.99. The molecule has 1 saturated heterocycles. The average molecular weight is 386 g/mol. The second kappa shape index (κ2) is 7.56. The lowest BCUT2D eigenvalue weighted by molar-refractivity contribution is -0.125. The van der Waals surface area contributed by atoms with E-state index in [2.05, 4.69) is 4.98 Å². The molecule has 1 aromatic heterocycles. The predicted octanol–water partition coefficient (Wildman–Crippen LogP) is 3.63. The molecule has 1 aromatic carbocycles. The number of carbonyl (C=O) groups is 2. The van der Waals surface area contributed by atoms with Crippen molar-refractivity contribution in [3.05, 3.63) is 58.7 Å². The molecule has 2 heterocycles. The van der Waals surface area contributed by atoms with Crippen LogP contribution in [-0.2, 0) is 17.9 Å². The van der Waals surface area contributed by atoms with E-state index in [1.54, 1.807) is 24.4 Å². The smallest absolute Gasteiger partial charge is 0.327 e. The Bertz CT molecular complexity index is 869. The Hall–Kier alpha value is -2.60. The van der Waals surface area contributed by atoms with Crippen molar-refractivity contribution in [2.75, 3.05) is 6.54 Å². The van der Waals surface area contributed by atoms with Crippen molar-refractivity contribution in [1.82, 2.24) is 14.8 Å². The van der Waals surface area contributed by atoms with Crippen LogP contribution in [-0.4, -0.2) is 39.4 Å². The topological polar surface area (TPSA) is 62.7 Å². The molecule has 1 aliphatic carbocycles. The van der Waals surface area contributed by atoms with Gasteiger partial charge in [0, 0.05) is 23.8 Å². The number of hydrogen-bond donors (Lipinski definition) is 0. The number of benzene rings is 1. The first kappa shape index (κ1) is 17.8. The van der Waals surface area contributed by atoms with Crippen LogP contribution in [0.5, 0.6) is 5.88 Å². The molecule has 2 fully saturated rings. The van der Waals surface area contributed by atoms with E-state index in [1.165, 1.54) is 16.2 Å². The normalized spacial score (nSPS) is 17.4. The lowest BCUT2D eigenvalue weighted by Gasteiger charge is -2.25. The minimum Gasteiger partial charge on any atom is -0.474 e. The van der Waals surface area contributed by atoms with Crippen molar-refractivity contribution in [3.8, 4) is 5.88 Å². The van der Waals surface area contributed by atoms with Crippen LogP contribution < -0.4 is 4.74 Å². The summed E-state index contributed by atoms with van der Waals surface area (Å²) in [5, 5.41) is 0.586. The Labute approximate surface area is 162 Å². The maximum Gasteiger partial charge on any atom is 0.327 e. The summed E-state index contributed by atoms with van der Waals surface area (Å²) >= 11 is 6.17. The SMILES string of the molecule is O=C1CN(Cc2ccccc2Cl)C(=O)N1Cc1ccnc(OC2CCC2)c1. The fourth-order valence-electron chi connectivity index (χ4n) is 3.16. The van der Waals surface area contributed by atoms with E-state index >= 15 is 0 Å². The van der Waals surface area contributed by atoms with Gasteiger partial charge < -0.3 is 9.64 Å². The molecule has 0 N–H and O–H groups in total. The summed E-state index contributed by atoms with van der Waals surface area (Å²) in [4.78, 5) is 32.1. The van der Waals surface area contributed by atoms with E-state index in [4.69, 9.17) is 16.3 Å². The second-order valence-corrected chi connectivity index (χ2v) is 7.29. The molecular formula is C20H20ClN3O3. The number of ether oxygens (including phenoxy) is 1. The molecule has 0 unspecified atom stereocenters. The largest absolute Gasteiger partial charge is 0.474 e. The standard InChI is InChI=1S/C20H20ClN3O3/c21-17-7-2-1-4-15(17)12-23-13-19(25)24(20(23)26)11-14-8-9-22-18(10-14)27-16-5-3-6-16/h1-2,4,7-10,16H,3,5-6,11-13H2. The van der Waals surface area contributed by atoms with Crippen LogP contribution in [0.1, 0.15) is 30.4 Å². The molecule has 4 rings (SSSR count). The summed E-state index contributed by atoms with van der Waals surface area (Å²) in [6, 6.07) is 10.6. The zero-order valence-corrected chi connectivity index (χ0v) is 15.6. The van der Waals surface area contributed by atoms with Crippen LogP contribution in [0, 0.1) is 0 Å². The number of pyridine rings is 1. The molecule has 140 valence electrons. The van der Waals surface area contributed by atoms with E-state index in [0.29, 0.717) is 17.4 Å². The number of amides is 3. The maximum absolute atomic E-state index is 12.7. The summed E-state index contributed by atoms with van der Waals surface area (Å²) in [6.07, 6.45) is 5.16. The highest BCUT2D eigenvalue weighted by Crippen LogP contribution is 2.25. The zero-order valence-electron chi connectivity index (χ0n) is 14.8. The first-order valence-electron chi connectivity index (χ1n) is 9.04. The van der Waals surface area contributed by atoms with Gasteiger partial charge in [0.2, 0.25) is 5.88 Å². The number of rotatable bonds is 6. The second-order valence-electron chi connectivity index (χ2n) is 6.88. The number of halogens is 1. The van der Waals surface area contributed by atoms with Crippen molar-refractivity contribution in [2.24, 2.45) is 0 Å². The zero-order chi connectivity index (χ0) is 18.8. The highest BCUT2D eigenvalue weighted by molar-refractivity contribution is 6.31. The number of urea groups is 1. The molecule has 27 heavy (non-hydrogen) atoms. The third-order valence-corrected chi connectivity index (χ3v) is 5.30. The fourth-order valence-corrected chi connectivity index (χ4v) is 3.36. The van der Waals surface area contributed by atoms with Crippen LogP contribution in [0.15, 0.2) is 42.6 Å². The van der Waals surface area contributed by atoms with Gasteiger partial charge in [0.05, 0.1) is 6.54 Å². The summed E-state index contributed by atoms with van der Waals surface area (Å²) < 4.78 is 5.80. The molecule has 2 aliphatic rings. The molecule has 3 amide bonds. The van der Waals surface area contributed by atoms with Gasteiger partial charge in [-0.05, 0) is 42.5 Å². The monoisotopic (exact) mass is 385 g/mol. The molecule has 0 bridgehead atoms. The van der Waals surface area contributed by atoms with Crippen LogP contribution in [0.25, 0.3) is 0 Å². The van der Waals surface area contributed by atoms with Crippen molar-refractivity contribution in [2.45, 2.75) is 38.5 Å². The van der Waals surface area contributed by atoms with E-state index < -0.39 is 0 Å². The quantitative estimate of drug-likeness (QED) is 0.712. The minimum absolute atomic E-state index is 0.0561. The van der Waals surface area contributed by atoms with Gasteiger partial charge in [-0.25, -0.2) is 9.78 Å². The summed E-state index contributed by atoms with van der Waals surface area (Å²) in [6.45, 7) is 0.577. The summed E-state index contributed by atoms with van der Waals surface area (Å²) in [7, 11) is 0. The molecule has 7 heteroatoms. The first-order valence-corrected chi connectivity index (χ1v) is 9.42. The van der Waals surface area contributed by atoms with Gasteiger partial charge in [-0.15, -0.1) is 0 Å². The predicted molar refractivity (Wildman–Crippen MR) is 100 cm³/mol. The third-order valence-electron chi connectivity index (χ3n) is 4.93. The van der Waals surface area contributed by atoms with Gasteiger partial charge in [0.25, 0.3) is 5.91 Å². The van der Waals surface area contributed by atoms with Crippen LogP contribution in [0.2, 0.25) is 5.02 Å². The van der Waals surface area contributed by atoms with Crippen LogP contribution in [0.3, 0.4) is 0 Å². The highest BCUT2D eigenvalue weighted by Gasteiger charge is 2.36. The van der Waals surface area contributed by atoms with Crippen molar-refractivity contribution >= 4 is 23.5 Å². The Morgan fingerprint density at radius 2 is 1.96 bits per heavy atom. The van der Waals surface area contributed by atoms with Crippen molar-refractivity contribution in [3.63, 3.8) is 0 Å². The van der Waals surface area contributed by atoms with Crippen molar-refractivity contribution < 1.29 is 14.3 Å². The van der Waals surface area contributed by atoms with Gasteiger partial charge in [0.1, 0.15) is 12.6 Å². The number of aromatic nitrogens is 1. The third kappa shape index (κ3) is 3.90. The van der Waals surface area contributed by atoms with Gasteiger partial charge >= 0.3 is 6.03 Å². The number of nitrogens with zero attached hydrogens (tertiary/aromatic N) is 3. The Morgan fingerprint density at radius 3 is 2.70 bits per heavy atom. The lowest BCUT2D eigenvalue weighted by atomic mass is 9.96. The molecule has 0 atom stereocenters. The number of hydrogen-bond acceptors (Lipinski definition) is 4. The minimum atomic E-state index is -0.307. The lowest BCUT2D eigenvalue weighted by Crippen LogP contribution is -2.32. The van der Waals surface area contributed by atoms with E-state index in [9.17, 15) is 9.59 Å². The molecule has 1 saturated carbocycles. The van der Waals surface area contributed by atoms with Gasteiger partial charge in [0.15, 0.2) is 0 Å². The van der Waals surface area contributed by atoms with E-state index in [0.717, 1.165) is 24.0 Å². The summed E-state index contributed by atoms with van der Waals surface area (Å²) in [5.74, 6) is 0.328. The molecule has 2 aromatic rings. The van der Waals surface area contributed by atoms with Gasteiger partial charge in [-0.3, -0.25) is 9.69 Å². The Balaban J connectivity index is 1.43. The molecule has 0 spiro atoms. The number of imide groups is 1. The van der Waals surface area contributed by atoms with Crippen molar-refractivity contribution in [1.29, 1.82) is 0 Å². The maximum atomic E-state index is 12.7. The van der Waals surface area contributed by atoms with E-state index in [1.807, 2.05) is 18.2 Å². The molecule has 6 nitrogen and oxygen atoms in total. The molecular weight excluding hydrogens is 366 g/mol. The number of carbonyl (C=O) groups excluding carboxylic acids is 2. The fraction of sp³-hybridized carbons (Fsp3) is 0.350. The molecule has 1 aliphatic heterocycles. The van der Waals surface area contributed by atoms with E-state index in [-0.39, 0.29) is 31.1 Å². The highest BCUT2D eigenvalue weighted by atomic mass is 35.5. The van der Waals surface area contributed by atoms with Crippen LogP contribution >= 0.6 is 11.6 Å².